The normalized spacial score (nSPS) is 31.3. The van der Waals surface area contributed by atoms with Crippen LogP contribution in [0, 0.1) is 0 Å². The van der Waals surface area contributed by atoms with E-state index in [-0.39, 0.29) is 58.9 Å². The van der Waals surface area contributed by atoms with Crippen LogP contribution in [-0.4, -0.2) is 120 Å². The van der Waals surface area contributed by atoms with Crippen molar-refractivity contribution >= 4 is 45.9 Å². The van der Waals surface area contributed by atoms with Gasteiger partial charge in [-0.15, -0.1) is 0 Å². The Morgan fingerprint density at radius 2 is 0.903 bits per heavy atom. The average molecular weight is 1040 g/mol. The summed E-state index contributed by atoms with van der Waals surface area (Å²) in [5.41, 5.74) is 2.02. The highest BCUT2D eigenvalue weighted by Crippen LogP contribution is 2.45. The van der Waals surface area contributed by atoms with E-state index in [1.165, 1.54) is 23.5 Å². The lowest BCUT2D eigenvalue weighted by molar-refractivity contribution is -0.306. The molecule has 16 heteroatoms. The van der Waals surface area contributed by atoms with Crippen LogP contribution in [-0.2, 0) is 51.1 Å². The molecule has 6 aliphatic heterocycles. The molecule has 2 amide bonds. The lowest BCUT2D eigenvalue weighted by atomic mass is 9.90. The molecule has 6 aliphatic rings. The van der Waals surface area contributed by atoms with Crippen molar-refractivity contribution in [3.05, 3.63) is 84.0 Å². The summed E-state index contributed by atoms with van der Waals surface area (Å²) in [6, 6.07) is 14.9. The number of carbonyl (C=O) groups is 4. The fourth-order valence-corrected chi connectivity index (χ4v) is 13.0. The fourth-order valence-electron chi connectivity index (χ4n) is 10.8. The van der Waals surface area contributed by atoms with Gasteiger partial charge in [0, 0.05) is 77.3 Å². The maximum atomic E-state index is 13.0. The topological polar surface area (TPSA) is 149 Å². The molecule has 0 spiro atoms. The second kappa shape index (κ2) is 28.0. The second-order valence-corrected chi connectivity index (χ2v) is 21.7. The minimum Gasteiger partial charge on any atom is -0.497 e. The highest BCUT2D eigenvalue weighted by molar-refractivity contribution is 8.14. The zero-order valence-corrected chi connectivity index (χ0v) is 44.6. The van der Waals surface area contributed by atoms with Crippen LogP contribution in [0.25, 0.3) is 0 Å². The second-order valence-electron chi connectivity index (χ2n) is 19.8. The van der Waals surface area contributed by atoms with E-state index in [1.807, 2.05) is 58.3 Å². The summed E-state index contributed by atoms with van der Waals surface area (Å²) in [5, 5.41) is 0.0186. The molecule has 0 radical (unpaired) electrons. The van der Waals surface area contributed by atoms with E-state index >= 15 is 0 Å². The molecule has 396 valence electrons. The number of carbonyl (C=O) groups excluding carboxylic acids is 4. The number of ether oxygens (including phenoxy) is 8. The number of methoxy groups -OCH3 is 4. The molecule has 0 aromatic heterocycles. The van der Waals surface area contributed by atoms with Gasteiger partial charge in [0.15, 0.2) is 11.6 Å². The van der Waals surface area contributed by atoms with Gasteiger partial charge in [-0.3, -0.25) is 19.2 Å². The Morgan fingerprint density at radius 3 is 1.28 bits per heavy atom. The number of amides is 2. The van der Waals surface area contributed by atoms with Gasteiger partial charge in [-0.05, 0) is 112 Å². The molecule has 0 aliphatic carbocycles. The predicted octanol–water partition coefficient (Wildman–Crippen LogP) is 11.7. The smallest absolute Gasteiger partial charge is 0.306 e. The van der Waals surface area contributed by atoms with Crippen LogP contribution >= 0.6 is 23.5 Å². The van der Waals surface area contributed by atoms with Gasteiger partial charge in [0.05, 0.1) is 38.5 Å². The van der Waals surface area contributed by atoms with Crippen molar-refractivity contribution in [1.82, 2.24) is 9.80 Å². The first kappa shape index (κ1) is 55.7. The van der Waals surface area contributed by atoms with E-state index in [0.29, 0.717) is 63.1 Å². The summed E-state index contributed by atoms with van der Waals surface area (Å²) in [6.07, 6.45) is 25.0. The van der Waals surface area contributed by atoms with Gasteiger partial charge in [0.1, 0.15) is 23.7 Å². The van der Waals surface area contributed by atoms with E-state index in [0.717, 1.165) is 113 Å². The molecule has 0 saturated carbocycles. The maximum absolute atomic E-state index is 13.0. The number of benzene rings is 2. The van der Waals surface area contributed by atoms with E-state index in [9.17, 15) is 19.2 Å². The van der Waals surface area contributed by atoms with Gasteiger partial charge in [-0.1, -0.05) is 84.9 Å². The third kappa shape index (κ3) is 15.5. The number of hydrogen-bond donors (Lipinski definition) is 0. The number of fused-ring (bicyclic) bond motifs is 4. The molecule has 2 aromatic rings. The predicted molar refractivity (Wildman–Crippen MR) is 280 cm³/mol. The zero-order valence-electron chi connectivity index (χ0n) is 43.0. The Balaban J connectivity index is 0.000000211. The summed E-state index contributed by atoms with van der Waals surface area (Å²) >= 11 is 2.58. The molecular weight excluding hydrogens is 957 g/mol. The quantitative estimate of drug-likeness (QED) is 0.164. The van der Waals surface area contributed by atoms with Crippen molar-refractivity contribution in [2.24, 2.45) is 0 Å². The first-order valence-corrected chi connectivity index (χ1v) is 28.3. The van der Waals surface area contributed by atoms with Crippen LogP contribution in [0.5, 0.6) is 11.5 Å². The summed E-state index contributed by atoms with van der Waals surface area (Å²) in [6.45, 7) is 0.907. The molecule has 4 bridgehead atoms. The third-order valence-electron chi connectivity index (χ3n) is 14.7. The zero-order chi connectivity index (χ0) is 50.8. The molecular formula is C56H78N2O12S2. The number of esters is 2. The van der Waals surface area contributed by atoms with Crippen LogP contribution in [0.3, 0.4) is 0 Å². The van der Waals surface area contributed by atoms with E-state index in [2.05, 4.69) is 24.3 Å². The molecule has 14 nitrogen and oxygen atoms in total. The fraction of sp³-hybridized carbons (Fsp3) is 0.643. The van der Waals surface area contributed by atoms with Gasteiger partial charge in [0.2, 0.25) is 0 Å². The third-order valence-corrected chi connectivity index (χ3v) is 16.6. The van der Waals surface area contributed by atoms with Crippen LogP contribution in [0.15, 0.2) is 72.8 Å². The molecule has 4 saturated heterocycles. The molecule has 0 unspecified atom stereocenters. The van der Waals surface area contributed by atoms with Crippen molar-refractivity contribution in [1.29, 1.82) is 0 Å². The van der Waals surface area contributed by atoms with Gasteiger partial charge < -0.3 is 47.7 Å². The van der Waals surface area contributed by atoms with Crippen molar-refractivity contribution < 1.29 is 57.1 Å². The van der Waals surface area contributed by atoms with E-state index < -0.39 is 11.6 Å². The maximum Gasteiger partial charge on any atom is 0.306 e. The van der Waals surface area contributed by atoms with Gasteiger partial charge in [-0.2, -0.15) is 0 Å². The summed E-state index contributed by atoms with van der Waals surface area (Å²) in [5.74, 6) is 0.342. The Kier molecular flexibility index (Phi) is 21.7. The van der Waals surface area contributed by atoms with Gasteiger partial charge in [0.25, 0.3) is 10.5 Å². The molecule has 8 atom stereocenters. The Morgan fingerprint density at radius 1 is 0.514 bits per heavy atom. The molecule has 2 aromatic carbocycles. The first-order chi connectivity index (χ1) is 35.1. The highest BCUT2D eigenvalue weighted by Gasteiger charge is 2.56. The lowest BCUT2D eigenvalue weighted by Crippen LogP contribution is -2.60. The highest BCUT2D eigenvalue weighted by atomic mass is 32.2. The van der Waals surface area contributed by atoms with Gasteiger partial charge >= 0.3 is 11.9 Å². The Hall–Kier alpha value is -4.06. The van der Waals surface area contributed by atoms with Crippen LogP contribution < -0.4 is 9.47 Å². The Bertz CT molecular complexity index is 1960. The van der Waals surface area contributed by atoms with Crippen molar-refractivity contribution in [3.63, 3.8) is 0 Å². The van der Waals surface area contributed by atoms with Gasteiger partial charge in [-0.25, -0.2) is 0 Å². The Labute approximate surface area is 435 Å². The average Bonchev–Trinajstić information content (AvgIpc) is 3.95. The molecule has 0 N–H and O–H groups in total. The number of thioether (sulfide) groups is 2. The first-order valence-electron chi connectivity index (χ1n) is 26.3. The van der Waals surface area contributed by atoms with E-state index in [4.69, 9.17) is 37.9 Å². The van der Waals surface area contributed by atoms with E-state index in [1.54, 1.807) is 28.4 Å². The van der Waals surface area contributed by atoms with Crippen LogP contribution in [0.2, 0.25) is 0 Å². The standard InChI is InChI=1S/2C28H39NO6S/c2*1-32-22-15-13-21(14-16-22)19-29-25(20-36-27(29)31)28(33-2)18-24-17-23(35-28)11-9-7-5-3-4-6-8-10-12-26(30)34-24/h2*3,5,13-16,23-25H,4,6-12,17-20H2,1-2H3/b5-3+;5-3-/t2*23-,24-,25+,28-/m11/s1. The van der Waals surface area contributed by atoms with Crippen LogP contribution in [0.1, 0.15) is 140 Å². The minimum absolute atomic E-state index is 0.00930. The minimum atomic E-state index is -1.02. The largest absolute Gasteiger partial charge is 0.497 e. The molecule has 4 fully saturated rings. The van der Waals surface area contributed by atoms with Crippen LogP contribution in [0.4, 0.5) is 9.59 Å². The lowest BCUT2D eigenvalue weighted by Gasteiger charge is -2.48. The molecule has 8 rings (SSSR count). The van der Waals surface area contributed by atoms with Crippen molar-refractivity contribution in [2.75, 3.05) is 39.9 Å². The monoisotopic (exact) mass is 1030 g/mol. The molecule has 6 heterocycles. The number of rotatable bonds is 10. The molecule has 72 heavy (non-hydrogen) atoms. The number of nitrogens with zero attached hydrogens (tertiary/aromatic N) is 2. The number of allylic oxidation sites excluding steroid dienone is 4. The summed E-state index contributed by atoms with van der Waals surface area (Å²) in [7, 11) is 6.56. The summed E-state index contributed by atoms with van der Waals surface area (Å²) in [4.78, 5) is 55.0. The number of hydrogen-bond acceptors (Lipinski definition) is 14. The summed E-state index contributed by atoms with van der Waals surface area (Å²) < 4.78 is 48.1. The SMILES string of the molecule is COc1ccc(CN2C(=O)SC[C@H]2[C@@]2(OC)C[C@H]3C[C@@H](CCC/C=C/CCCCCC(=O)O3)O2)cc1.COc1ccc(CN2C(=O)SC[C@H]2[C@@]2(OC)C[C@H]3C[C@@H](CCC/C=C\CCCCCC(=O)O3)O2)cc1. The van der Waals surface area contributed by atoms with Crippen molar-refractivity contribution in [3.8, 4) is 11.5 Å². The van der Waals surface area contributed by atoms with Crippen molar-refractivity contribution in [2.45, 2.75) is 190 Å².